The molecule has 33 heavy (non-hydrogen) atoms. The number of nitrogens with two attached hydrogens (primary N) is 1. The van der Waals surface area contributed by atoms with E-state index >= 15 is 0 Å². The second-order valence-electron chi connectivity index (χ2n) is 8.11. The second kappa shape index (κ2) is 8.13. The van der Waals surface area contributed by atoms with E-state index in [4.69, 9.17) is 15.5 Å². The number of nitrogen functional groups attached to an aromatic ring is 1. The van der Waals surface area contributed by atoms with Crippen molar-refractivity contribution in [2.24, 2.45) is 0 Å². The maximum absolute atomic E-state index is 13.4. The zero-order valence-electron chi connectivity index (χ0n) is 18.0. The molecule has 1 fully saturated rings. The van der Waals surface area contributed by atoms with Crippen LogP contribution in [0.5, 0.6) is 0 Å². The summed E-state index contributed by atoms with van der Waals surface area (Å²) in [4.78, 5) is 26.6. The van der Waals surface area contributed by atoms with Crippen molar-refractivity contribution in [3.8, 4) is 11.4 Å². The van der Waals surface area contributed by atoms with Gasteiger partial charge in [0.25, 0.3) is 5.91 Å². The van der Waals surface area contributed by atoms with Crippen molar-refractivity contribution in [2.45, 2.75) is 17.5 Å². The van der Waals surface area contributed by atoms with Gasteiger partial charge in [0, 0.05) is 24.1 Å². The number of anilines is 3. The fourth-order valence-corrected chi connectivity index (χ4v) is 4.78. The van der Waals surface area contributed by atoms with Crippen LogP contribution in [-0.4, -0.2) is 56.3 Å². The smallest absolute Gasteiger partial charge is 0.252 e. The first-order valence-corrected chi connectivity index (χ1v) is 12.4. The highest BCUT2D eigenvalue weighted by Crippen LogP contribution is 2.38. The SMILES string of the molecule is CS(=O)(=O)c1ccc(CN2C(=O)C3COCCN3c3nc(-c4ccccc4N)ncc32)cc1. The molecule has 2 aliphatic rings. The molecule has 10 heteroatoms. The summed E-state index contributed by atoms with van der Waals surface area (Å²) < 4.78 is 29.1. The van der Waals surface area contributed by atoms with Gasteiger partial charge in [0.1, 0.15) is 11.7 Å². The lowest BCUT2D eigenvalue weighted by molar-refractivity contribution is -0.122. The number of para-hydroxylation sites is 1. The predicted octanol–water partition coefficient (Wildman–Crippen LogP) is 1.88. The topological polar surface area (TPSA) is 119 Å². The lowest BCUT2D eigenvalue weighted by Gasteiger charge is -2.44. The Morgan fingerprint density at radius 1 is 1.15 bits per heavy atom. The zero-order chi connectivity index (χ0) is 23.2. The highest BCUT2D eigenvalue weighted by Gasteiger charge is 2.41. The molecule has 5 rings (SSSR count). The van der Waals surface area contributed by atoms with Crippen LogP contribution < -0.4 is 15.5 Å². The number of rotatable bonds is 4. The molecule has 0 bridgehead atoms. The third kappa shape index (κ3) is 3.91. The number of amides is 1. The fraction of sp³-hybridized carbons (Fsp3) is 0.261. The number of hydrogen-bond donors (Lipinski definition) is 1. The molecule has 2 aromatic carbocycles. The van der Waals surface area contributed by atoms with Crippen LogP contribution in [0.25, 0.3) is 11.4 Å². The number of aromatic nitrogens is 2. The summed E-state index contributed by atoms with van der Waals surface area (Å²) in [5.41, 5.74) is 8.83. The molecule has 9 nitrogen and oxygen atoms in total. The van der Waals surface area contributed by atoms with Gasteiger partial charge in [-0.15, -0.1) is 0 Å². The maximum atomic E-state index is 13.4. The number of carbonyl (C=O) groups excluding carboxylic acids is 1. The second-order valence-corrected chi connectivity index (χ2v) is 10.1. The van der Waals surface area contributed by atoms with E-state index < -0.39 is 15.9 Å². The molecule has 0 saturated carbocycles. The minimum atomic E-state index is -3.30. The first-order valence-electron chi connectivity index (χ1n) is 10.5. The van der Waals surface area contributed by atoms with Crippen LogP contribution in [-0.2, 0) is 25.9 Å². The highest BCUT2D eigenvalue weighted by atomic mass is 32.2. The van der Waals surface area contributed by atoms with E-state index in [0.29, 0.717) is 36.2 Å². The van der Waals surface area contributed by atoms with Gasteiger partial charge in [-0.3, -0.25) is 4.79 Å². The highest BCUT2D eigenvalue weighted by molar-refractivity contribution is 7.90. The monoisotopic (exact) mass is 465 g/mol. The Labute approximate surface area is 191 Å². The Morgan fingerprint density at radius 2 is 1.91 bits per heavy atom. The lowest BCUT2D eigenvalue weighted by Crippen LogP contribution is -2.58. The number of nitrogens with zero attached hydrogens (tertiary/aromatic N) is 4. The largest absolute Gasteiger partial charge is 0.398 e. The first kappa shape index (κ1) is 21.4. The number of fused-ring (bicyclic) bond motifs is 3. The molecule has 3 heterocycles. The number of ether oxygens (including phenoxy) is 1. The van der Waals surface area contributed by atoms with Crippen molar-refractivity contribution in [1.29, 1.82) is 0 Å². The molecule has 2 N–H and O–H groups in total. The van der Waals surface area contributed by atoms with E-state index in [0.717, 1.165) is 11.1 Å². The molecular formula is C23H23N5O4S. The van der Waals surface area contributed by atoms with Gasteiger partial charge >= 0.3 is 0 Å². The number of hydrogen-bond acceptors (Lipinski definition) is 8. The van der Waals surface area contributed by atoms with Crippen LogP contribution in [0, 0.1) is 0 Å². The van der Waals surface area contributed by atoms with Gasteiger partial charge in [-0.2, -0.15) is 0 Å². The number of sulfone groups is 1. The Bertz CT molecular complexity index is 1330. The van der Waals surface area contributed by atoms with Gasteiger partial charge < -0.3 is 20.3 Å². The third-order valence-corrected chi connectivity index (χ3v) is 7.01. The summed E-state index contributed by atoms with van der Waals surface area (Å²) in [6, 6.07) is 13.4. The van der Waals surface area contributed by atoms with Crippen molar-refractivity contribution in [2.75, 3.05) is 41.5 Å². The molecule has 0 spiro atoms. The first-order chi connectivity index (χ1) is 15.8. The predicted molar refractivity (Wildman–Crippen MR) is 125 cm³/mol. The van der Waals surface area contributed by atoms with Gasteiger partial charge in [-0.25, -0.2) is 18.4 Å². The standard InChI is InChI=1S/C23H23N5O4S/c1-33(30,31)16-8-6-15(7-9-16)13-28-19-12-25-21(17-4-2-3-5-18(17)24)26-22(19)27-10-11-32-14-20(27)23(28)29/h2-9,12,20H,10-11,13-14,24H2,1H3. The van der Waals surface area contributed by atoms with Gasteiger partial charge in [0.2, 0.25) is 0 Å². The van der Waals surface area contributed by atoms with E-state index in [-0.39, 0.29) is 24.0 Å². The van der Waals surface area contributed by atoms with E-state index in [1.165, 1.54) is 6.26 Å². The van der Waals surface area contributed by atoms with Gasteiger partial charge in [0.05, 0.1) is 30.9 Å². The summed E-state index contributed by atoms with van der Waals surface area (Å²) in [6.45, 7) is 1.58. The maximum Gasteiger partial charge on any atom is 0.252 e. The average molecular weight is 466 g/mol. The van der Waals surface area contributed by atoms with Crippen molar-refractivity contribution < 1.29 is 17.9 Å². The quantitative estimate of drug-likeness (QED) is 0.580. The summed E-state index contributed by atoms with van der Waals surface area (Å²) in [5.74, 6) is 1.04. The molecule has 1 aromatic heterocycles. The van der Waals surface area contributed by atoms with Crippen molar-refractivity contribution >= 4 is 32.9 Å². The Kier molecular flexibility index (Phi) is 5.26. The van der Waals surface area contributed by atoms with Crippen LogP contribution >= 0.6 is 0 Å². The number of carbonyl (C=O) groups is 1. The Hall–Kier alpha value is -3.50. The van der Waals surface area contributed by atoms with Crippen molar-refractivity contribution in [1.82, 2.24) is 9.97 Å². The average Bonchev–Trinajstić information content (AvgIpc) is 2.81. The van der Waals surface area contributed by atoms with Crippen molar-refractivity contribution in [3.63, 3.8) is 0 Å². The number of morpholine rings is 1. The van der Waals surface area contributed by atoms with Crippen LogP contribution in [0.3, 0.4) is 0 Å². The third-order valence-electron chi connectivity index (χ3n) is 5.89. The zero-order valence-corrected chi connectivity index (χ0v) is 18.8. The molecule has 3 aromatic rings. The van der Waals surface area contributed by atoms with Crippen LogP contribution in [0.15, 0.2) is 59.6 Å². The molecule has 1 amide bonds. The molecule has 2 aliphatic heterocycles. The van der Waals surface area contributed by atoms with E-state index in [1.54, 1.807) is 41.4 Å². The van der Waals surface area contributed by atoms with E-state index in [1.807, 2.05) is 23.1 Å². The Morgan fingerprint density at radius 3 is 2.64 bits per heavy atom. The minimum absolute atomic E-state index is 0.107. The lowest BCUT2D eigenvalue weighted by atomic mass is 10.1. The van der Waals surface area contributed by atoms with Crippen LogP contribution in [0.2, 0.25) is 0 Å². The molecule has 170 valence electrons. The fourth-order valence-electron chi connectivity index (χ4n) is 4.15. The molecule has 1 saturated heterocycles. The van der Waals surface area contributed by atoms with Gasteiger partial charge in [-0.1, -0.05) is 24.3 Å². The molecule has 0 aliphatic carbocycles. The number of benzene rings is 2. The molecular weight excluding hydrogens is 442 g/mol. The van der Waals surface area contributed by atoms with Gasteiger partial charge in [-0.05, 0) is 29.8 Å². The summed E-state index contributed by atoms with van der Waals surface area (Å²) >= 11 is 0. The van der Waals surface area contributed by atoms with Gasteiger partial charge in [0.15, 0.2) is 21.5 Å². The normalized spacial score (nSPS) is 18.1. The molecule has 1 unspecified atom stereocenters. The molecule has 0 radical (unpaired) electrons. The summed E-state index contributed by atoms with van der Waals surface area (Å²) in [5, 5.41) is 0. The summed E-state index contributed by atoms with van der Waals surface area (Å²) in [6.07, 6.45) is 2.82. The summed E-state index contributed by atoms with van der Waals surface area (Å²) in [7, 11) is -3.30. The van der Waals surface area contributed by atoms with E-state index in [2.05, 4.69) is 4.98 Å². The van der Waals surface area contributed by atoms with Crippen LogP contribution in [0.1, 0.15) is 5.56 Å². The minimum Gasteiger partial charge on any atom is -0.398 e. The van der Waals surface area contributed by atoms with Crippen LogP contribution in [0.4, 0.5) is 17.2 Å². The Balaban J connectivity index is 1.55. The van der Waals surface area contributed by atoms with E-state index in [9.17, 15) is 13.2 Å². The van der Waals surface area contributed by atoms with Crippen molar-refractivity contribution in [3.05, 3.63) is 60.3 Å². The molecule has 1 atom stereocenters.